The van der Waals surface area contributed by atoms with Crippen LogP contribution in [-0.4, -0.2) is 15.6 Å². The van der Waals surface area contributed by atoms with Gasteiger partial charge in [0.2, 0.25) is 0 Å². The smallest absolute Gasteiger partial charge is 0.0579 e. The highest BCUT2D eigenvalue weighted by atomic mass is 35.5. The molecule has 5 heteroatoms. The Morgan fingerprint density at radius 2 is 1.00 bits per heavy atom. The van der Waals surface area contributed by atoms with Gasteiger partial charge in [-0.05, 0) is 0 Å². The van der Waals surface area contributed by atoms with E-state index in [0.29, 0.717) is 0 Å². The zero-order valence-electron chi connectivity index (χ0n) is 2.53. The molecule has 0 amide bonds. The molecule has 8 N–H and O–H groups in total. The molecule has 4 nitrogen and oxygen atoms in total. The second-order valence-corrected chi connectivity index (χ2v) is 0. The maximum absolute atomic E-state index is 6.47. The van der Waals surface area contributed by atoms with E-state index in [1.54, 1.807) is 0 Å². The van der Waals surface area contributed by atoms with E-state index < -0.39 is 0 Å². The normalized spacial score (nSPS) is 1.20. The first-order valence-electron chi connectivity index (χ1n) is 0.169. The van der Waals surface area contributed by atoms with Gasteiger partial charge in [0.25, 0.3) is 0 Å². The van der Waals surface area contributed by atoms with E-state index in [1.165, 1.54) is 0 Å². The average molecular weight is 106 g/mol. The van der Waals surface area contributed by atoms with Crippen molar-refractivity contribution in [3.05, 3.63) is 0 Å². The molecule has 0 saturated carbocycles. The quantitative estimate of drug-likeness (QED) is 0.396. The maximum Gasteiger partial charge on any atom is 0.0579 e. The van der Waals surface area contributed by atoms with Crippen molar-refractivity contribution in [3.8, 4) is 0 Å². The van der Waals surface area contributed by atoms with Crippen molar-refractivity contribution in [1.29, 1.82) is 0 Å². The van der Waals surface area contributed by atoms with Gasteiger partial charge in [0, 0.05) is 0 Å². The van der Waals surface area contributed by atoms with Gasteiger partial charge >= 0.3 is 0 Å². The van der Waals surface area contributed by atoms with E-state index in [1.807, 2.05) is 0 Å². The topological polar surface area (TPSA) is 118 Å². The van der Waals surface area contributed by atoms with Crippen LogP contribution >= 0.6 is 11.9 Å². The molecule has 0 aromatic heterocycles. The van der Waals surface area contributed by atoms with Crippen LogP contribution in [0.25, 0.3) is 0 Å². The van der Waals surface area contributed by atoms with Gasteiger partial charge in [-0.1, -0.05) is 0 Å². The molecule has 0 aromatic rings. The van der Waals surface area contributed by atoms with Crippen LogP contribution in [0.5, 0.6) is 0 Å². The SMILES string of the molecule is N.O.O.OCl. The van der Waals surface area contributed by atoms with E-state index >= 15 is 0 Å². The zero-order chi connectivity index (χ0) is 2.00. The van der Waals surface area contributed by atoms with Gasteiger partial charge in [-0.2, -0.15) is 0 Å². The Morgan fingerprint density at radius 1 is 1.00 bits per heavy atom. The van der Waals surface area contributed by atoms with Crippen molar-refractivity contribution in [1.82, 2.24) is 6.15 Å². The summed E-state index contributed by atoms with van der Waals surface area (Å²) in [5, 5.41) is 0. The predicted molar refractivity (Wildman–Crippen MR) is 20.3 cm³/mol. The summed E-state index contributed by atoms with van der Waals surface area (Å²) in [6, 6.07) is 0. The minimum Gasteiger partial charge on any atom is -0.412 e. The van der Waals surface area contributed by atoms with Gasteiger partial charge in [0.15, 0.2) is 0 Å². The van der Waals surface area contributed by atoms with Gasteiger partial charge in [-0.3, -0.25) is 4.66 Å². The van der Waals surface area contributed by atoms with E-state index in [9.17, 15) is 0 Å². The number of hydrogen-bond donors (Lipinski definition) is 2. The Bertz CT molecular complexity index is 6.85. The second kappa shape index (κ2) is 2390. The highest BCUT2D eigenvalue weighted by molar-refractivity contribution is 6.04. The summed E-state index contributed by atoms with van der Waals surface area (Å²) in [7, 11) is 0. The van der Waals surface area contributed by atoms with Gasteiger partial charge in [-0.15, -0.1) is 0 Å². The van der Waals surface area contributed by atoms with E-state index in [0.717, 1.165) is 0 Å². The summed E-state index contributed by atoms with van der Waals surface area (Å²) in [4.78, 5) is 0. The van der Waals surface area contributed by atoms with Crippen molar-refractivity contribution < 1.29 is 15.6 Å². The molecular weight excluding hydrogens is 97.5 g/mol. The molecule has 0 bridgehead atoms. The second-order valence-electron chi connectivity index (χ2n) is 0. The largest absolute Gasteiger partial charge is 0.412 e. The van der Waals surface area contributed by atoms with Crippen molar-refractivity contribution in [2.24, 2.45) is 0 Å². The third-order valence-electron chi connectivity index (χ3n) is 0. The molecule has 0 aliphatic heterocycles. The molecule has 0 spiro atoms. The fraction of sp³-hybridized carbons (Fsp3) is 0. The molecule has 0 radical (unpaired) electrons. The molecule has 0 atom stereocenters. The lowest BCUT2D eigenvalue weighted by Crippen LogP contribution is -0.913. The third-order valence-corrected chi connectivity index (χ3v) is 0. The highest BCUT2D eigenvalue weighted by Gasteiger charge is 0.897. The maximum atomic E-state index is 6.47. The summed E-state index contributed by atoms with van der Waals surface area (Å²) in [5.41, 5.74) is 0. The standard InChI is InChI=1S/ClHO.H3N.2H2O/c1-2;;;/h2H;1H3;2*1H2. The monoisotopic (exact) mass is 105 g/mol. The zero-order valence-corrected chi connectivity index (χ0v) is 3.29. The summed E-state index contributed by atoms with van der Waals surface area (Å²) in [6.45, 7) is 0. The van der Waals surface area contributed by atoms with Gasteiger partial charge < -0.3 is 17.1 Å². The number of hydrogen-bond acceptors (Lipinski definition) is 2. The lowest BCUT2D eigenvalue weighted by Gasteiger charge is -1.13. The lowest BCUT2D eigenvalue weighted by molar-refractivity contribution is 0.632. The summed E-state index contributed by atoms with van der Waals surface area (Å²) < 4.78 is 6.47. The average Bonchev–Trinajstić information content (AvgIpc) is 1.00. The fourth-order valence-corrected chi connectivity index (χ4v) is 0. The Labute approximate surface area is 34.7 Å². The molecule has 0 aromatic carbocycles. The van der Waals surface area contributed by atoms with Crippen molar-refractivity contribution in [2.75, 3.05) is 0 Å². The van der Waals surface area contributed by atoms with Gasteiger partial charge in [0.05, 0.1) is 11.9 Å². The molecule has 0 aliphatic carbocycles. The first-order valence-corrected chi connectivity index (χ1v) is 0.507. The predicted octanol–water partition coefficient (Wildman–Crippen LogP) is -1.35. The molecule has 38 valence electrons. The minimum absolute atomic E-state index is 0. The van der Waals surface area contributed by atoms with E-state index in [2.05, 4.69) is 11.9 Å². The lowest BCUT2D eigenvalue weighted by atomic mass is 14.0. The van der Waals surface area contributed by atoms with E-state index in [4.69, 9.17) is 4.66 Å². The molecule has 0 heterocycles. The minimum atomic E-state index is 0. The van der Waals surface area contributed by atoms with Gasteiger partial charge in [-0.25, -0.2) is 0 Å². The van der Waals surface area contributed by atoms with Crippen LogP contribution in [0.4, 0.5) is 0 Å². The fourth-order valence-electron chi connectivity index (χ4n) is 0. The first-order chi connectivity index (χ1) is 1.00. The highest BCUT2D eigenvalue weighted by Crippen LogP contribution is 1.31. The van der Waals surface area contributed by atoms with Crippen molar-refractivity contribution >= 4 is 11.9 Å². The van der Waals surface area contributed by atoms with Crippen molar-refractivity contribution in [2.45, 2.75) is 0 Å². The Morgan fingerprint density at radius 3 is 1.00 bits per heavy atom. The number of halogens is 1. The van der Waals surface area contributed by atoms with Crippen molar-refractivity contribution in [3.63, 3.8) is 0 Å². The van der Waals surface area contributed by atoms with Crippen LogP contribution in [-0.2, 0) is 0 Å². The van der Waals surface area contributed by atoms with Crippen LogP contribution in [0.15, 0.2) is 0 Å². The summed E-state index contributed by atoms with van der Waals surface area (Å²) >= 11 is 3.64. The van der Waals surface area contributed by atoms with Crippen LogP contribution in [0.2, 0.25) is 0 Å². The van der Waals surface area contributed by atoms with Crippen LogP contribution < -0.4 is 6.15 Å². The molecule has 0 aliphatic rings. The van der Waals surface area contributed by atoms with E-state index in [-0.39, 0.29) is 17.1 Å². The van der Waals surface area contributed by atoms with Gasteiger partial charge in [0.1, 0.15) is 0 Å². The number of rotatable bonds is 0. The van der Waals surface area contributed by atoms with Crippen LogP contribution in [0.1, 0.15) is 0 Å². The van der Waals surface area contributed by atoms with Crippen LogP contribution in [0, 0.1) is 0 Å². The summed E-state index contributed by atoms with van der Waals surface area (Å²) in [5.74, 6) is 0. The Kier molecular flexibility index (Phi) is 32800. The Hall–Kier alpha value is 0.130. The molecule has 0 saturated heterocycles. The Balaban J connectivity index is -0.00000000167. The first kappa shape index (κ1) is 68.5. The third kappa shape index (κ3) is 1110. The molecule has 0 unspecified atom stereocenters. The summed E-state index contributed by atoms with van der Waals surface area (Å²) in [6.07, 6.45) is 0. The molecule has 0 rings (SSSR count). The molecule has 5 heavy (non-hydrogen) atoms. The van der Waals surface area contributed by atoms with Crippen LogP contribution in [0.3, 0.4) is 0 Å². The molecule has 0 fully saturated rings. The molecular formula is H8ClNO3.